The molecule has 0 radical (unpaired) electrons. The van der Waals surface area contributed by atoms with Crippen molar-refractivity contribution in [3.63, 3.8) is 0 Å². The molecule has 0 spiro atoms. The fourth-order valence-corrected chi connectivity index (χ4v) is 2.80. The summed E-state index contributed by atoms with van der Waals surface area (Å²) in [7, 11) is 0. The maximum atomic E-state index is 14.7. The lowest BCUT2D eigenvalue weighted by Crippen LogP contribution is -2.49. The first kappa shape index (κ1) is 10.1. The molecule has 0 aromatic heterocycles. The van der Waals surface area contributed by atoms with E-state index >= 15 is 0 Å². The number of fused-ring (bicyclic) bond motifs is 1. The molecule has 2 nitrogen and oxygen atoms in total. The minimum Gasteiger partial charge on any atom is -0.379 e. The molecule has 16 heavy (non-hydrogen) atoms. The van der Waals surface area contributed by atoms with E-state index < -0.39 is 5.67 Å². The molecular weight excluding hydrogens is 203 g/mol. The lowest BCUT2D eigenvalue weighted by Gasteiger charge is -2.35. The predicted octanol–water partition coefficient (Wildman–Crippen LogP) is 2.11. The first-order chi connectivity index (χ1) is 7.78. The van der Waals surface area contributed by atoms with Gasteiger partial charge in [-0.3, -0.25) is 0 Å². The topological polar surface area (TPSA) is 24.1 Å². The summed E-state index contributed by atoms with van der Waals surface area (Å²) in [6.07, 6.45) is 2.07. The Morgan fingerprint density at radius 1 is 1.19 bits per heavy atom. The third kappa shape index (κ3) is 1.59. The molecule has 2 heterocycles. The fraction of sp³-hybridized carbons (Fsp3) is 0.538. The van der Waals surface area contributed by atoms with E-state index in [9.17, 15) is 4.39 Å². The number of alkyl halides is 1. The van der Waals surface area contributed by atoms with Crippen LogP contribution in [0.4, 0.5) is 10.1 Å². The van der Waals surface area contributed by atoms with Crippen molar-refractivity contribution in [3.8, 4) is 0 Å². The van der Waals surface area contributed by atoms with Crippen molar-refractivity contribution in [3.05, 3.63) is 29.8 Å². The van der Waals surface area contributed by atoms with Crippen LogP contribution in [0.2, 0.25) is 0 Å². The summed E-state index contributed by atoms with van der Waals surface area (Å²) < 4.78 is 14.7. The van der Waals surface area contributed by atoms with E-state index in [4.69, 9.17) is 0 Å². The highest BCUT2D eigenvalue weighted by molar-refractivity contribution is 5.57. The van der Waals surface area contributed by atoms with Crippen molar-refractivity contribution in [1.82, 2.24) is 5.32 Å². The minimum atomic E-state index is -1.04. The second kappa shape index (κ2) is 3.74. The van der Waals surface area contributed by atoms with Crippen LogP contribution in [0.5, 0.6) is 0 Å². The number of hydrogen-bond donors (Lipinski definition) is 2. The number of hydrogen-bond acceptors (Lipinski definition) is 2. The van der Waals surface area contributed by atoms with E-state index in [1.165, 1.54) is 5.56 Å². The smallest absolute Gasteiger partial charge is 0.133 e. The number of rotatable bonds is 1. The van der Waals surface area contributed by atoms with Gasteiger partial charge in [-0.05, 0) is 44.0 Å². The summed E-state index contributed by atoms with van der Waals surface area (Å²) in [5.41, 5.74) is 1.33. The van der Waals surface area contributed by atoms with Gasteiger partial charge in [-0.1, -0.05) is 18.2 Å². The maximum absolute atomic E-state index is 14.7. The van der Waals surface area contributed by atoms with Crippen LogP contribution in [0.25, 0.3) is 0 Å². The Bertz CT molecular complexity index is 360. The number of halogens is 1. The molecule has 0 aliphatic carbocycles. The first-order valence-corrected chi connectivity index (χ1v) is 6.02. The standard InChI is InChI=1S/C13H17FN2/c14-13(5-7-15-8-6-13)12-9-10-3-1-2-4-11(10)16-12/h1-4,12,15-16H,5-9H2. The highest BCUT2D eigenvalue weighted by atomic mass is 19.1. The Labute approximate surface area is 95.2 Å². The second-order valence-electron chi connectivity index (χ2n) is 4.84. The van der Waals surface area contributed by atoms with Crippen molar-refractivity contribution < 1.29 is 4.39 Å². The summed E-state index contributed by atoms with van der Waals surface area (Å²) in [5.74, 6) is 0. The summed E-state index contributed by atoms with van der Waals surface area (Å²) in [4.78, 5) is 0. The largest absolute Gasteiger partial charge is 0.379 e. The van der Waals surface area contributed by atoms with Crippen LogP contribution in [0.1, 0.15) is 18.4 Å². The zero-order chi connectivity index (χ0) is 11.0. The molecule has 86 valence electrons. The number of piperidine rings is 1. The van der Waals surface area contributed by atoms with Crippen LogP contribution in [-0.2, 0) is 6.42 Å². The monoisotopic (exact) mass is 220 g/mol. The van der Waals surface area contributed by atoms with Crippen LogP contribution < -0.4 is 10.6 Å². The van der Waals surface area contributed by atoms with Gasteiger partial charge in [-0.15, -0.1) is 0 Å². The molecular formula is C13H17FN2. The molecule has 0 amide bonds. The minimum absolute atomic E-state index is 0.0352. The van der Waals surface area contributed by atoms with Crippen molar-refractivity contribution in [1.29, 1.82) is 0 Å². The molecule has 0 bridgehead atoms. The molecule has 3 rings (SSSR count). The lowest BCUT2D eigenvalue weighted by atomic mass is 9.85. The third-order valence-electron chi connectivity index (χ3n) is 3.83. The molecule has 3 heteroatoms. The molecule has 1 aromatic carbocycles. The number of anilines is 1. The number of nitrogens with one attached hydrogen (secondary N) is 2. The zero-order valence-electron chi connectivity index (χ0n) is 9.30. The van der Waals surface area contributed by atoms with E-state index in [2.05, 4.69) is 16.7 Å². The predicted molar refractivity (Wildman–Crippen MR) is 63.5 cm³/mol. The van der Waals surface area contributed by atoms with E-state index in [-0.39, 0.29) is 6.04 Å². The fourth-order valence-electron chi connectivity index (χ4n) is 2.80. The van der Waals surface area contributed by atoms with Gasteiger partial charge < -0.3 is 10.6 Å². The SMILES string of the molecule is FC1(C2Cc3ccccc3N2)CCNCC1. The van der Waals surface area contributed by atoms with Crippen LogP contribution >= 0.6 is 0 Å². The van der Waals surface area contributed by atoms with Crippen LogP contribution in [0.3, 0.4) is 0 Å². The quantitative estimate of drug-likeness (QED) is 0.757. The van der Waals surface area contributed by atoms with Gasteiger partial charge in [0.25, 0.3) is 0 Å². The Morgan fingerprint density at radius 2 is 1.94 bits per heavy atom. The van der Waals surface area contributed by atoms with Crippen molar-refractivity contribution in [2.75, 3.05) is 18.4 Å². The molecule has 1 saturated heterocycles. The lowest BCUT2D eigenvalue weighted by molar-refractivity contribution is 0.0939. The summed E-state index contributed by atoms with van der Waals surface area (Å²) in [6, 6.07) is 8.12. The highest BCUT2D eigenvalue weighted by Gasteiger charge is 2.42. The summed E-state index contributed by atoms with van der Waals surface area (Å²) in [5, 5.41) is 6.56. The first-order valence-electron chi connectivity index (χ1n) is 6.02. The van der Waals surface area contributed by atoms with Crippen LogP contribution in [0, 0.1) is 0 Å². The normalized spacial score (nSPS) is 27.2. The van der Waals surface area contributed by atoms with Gasteiger partial charge in [0.05, 0.1) is 6.04 Å². The molecule has 1 aromatic rings. The number of benzene rings is 1. The van der Waals surface area contributed by atoms with Gasteiger partial charge in [0.1, 0.15) is 5.67 Å². The molecule has 0 saturated carbocycles. The van der Waals surface area contributed by atoms with E-state index in [1.54, 1.807) is 0 Å². The van der Waals surface area contributed by atoms with Crippen molar-refractivity contribution in [2.45, 2.75) is 31.0 Å². The van der Waals surface area contributed by atoms with Gasteiger partial charge in [-0.2, -0.15) is 0 Å². The maximum Gasteiger partial charge on any atom is 0.133 e. The van der Waals surface area contributed by atoms with Gasteiger partial charge in [0.2, 0.25) is 0 Å². The summed E-state index contributed by atoms with van der Waals surface area (Å²) >= 11 is 0. The van der Waals surface area contributed by atoms with Gasteiger partial charge in [-0.25, -0.2) is 4.39 Å². The molecule has 1 unspecified atom stereocenters. The van der Waals surface area contributed by atoms with Crippen LogP contribution in [0.15, 0.2) is 24.3 Å². The Hall–Kier alpha value is -1.09. The highest BCUT2D eigenvalue weighted by Crippen LogP contribution is 2.36. The molecule has 1 atom stereocenters. The number of para-hydroxylation sites is 1. The Balaban J connectivity index is 1.80. The van der Waals surface area contributed by atoms with E-state index in [0.717, 1.165) is 25.2 Å². The van der Waals surface area contributed by atoms with Crippen LogP contribution in [-0.4, -0.2) is 24.8 Å². The average molecular weight is 220 g/mol. The van der Waals surface area contributed by atoms with E-state index in [1.807, 2.05) is 18.2 Å². The van der Waals surface area contributed by atoms with Crippen molar-refractivity contribution in [2.24, 2.45) is 0 Å². The molecule has 1 fully saturated rings. The van der Waals surface area contributed by atoms with Gasteiger partial charge >= 0.3 is 0 Å². The van der Waals surface area contributed by atoms with Gasteiger partial charge in [0.15, 0.2) is 0 Å². The van der Waals surface area contributed by atoms with Crippen molar-refractivity contribution >= 4 is 5.69 Å². The van der Waals surface area contributed by atoms with E-state index in [0.29, 0.717) is 12.8 Å². The molecule has 2 aliphatic rings. The molecule has 2 aliphatic heterocycles. The second-order valence-corrected chi connectivity index (χ2v) is 4.84. The average Bonchev–Trinajstić information content (AvgIpc) is 2.74. The van der Waals surface area contributed by atoms with Gasteiger partial charge in [0, 0.05) is 5.69 Å². The Morgan fingerprint density at radius 3 is 2.69 bits per heavy atom. The zero-order valence-corrected chi connectivity index (χ0v) is 9.30. The Kier molecular flexibility index (Phi) is 2.36. The third-order valence-corrected chi connectivity index (χ3v) is 3.83. The summed E-state index contributed by atoms with van der Waals surface area (Å²) in [6.45, 7) is 1.59. The molecule has 2 N–H and O–H groups in total.